The molecule has 4 nitrogen and oxygen atoms in total. The zero-order chi connectivity index (χ0) is 21.8. The summed E-state index contributed by atoms with van der Waals surface area (Å²) >= 11 is 0. The van der Waals surface area contributed by atoms with E-state index in [0.717, 1.165) is 11.1 Å². The second-order valence-electron chi connectivity index (χ2n) is 8.57. The highest BCUT2D eigenvalue weighted by Gasteiger charge is 2.41. The van der Waals surface area contributed by atoms with Crippen LogP contribution < -0.4 is 0 Å². The van der Waals surface area contributed by atoms with Gasteiger partial charge in [-0.2, -0.15) is 0 Å². The molecule has 31 heavy (non-hydrogen) atoms. The number of carbonyl (C=O) groups excluding carboxylic acids is 2. The lowest BCUT2D eigenvalue weighted by molar-refractivity contribution is -0.148. The molecule has 1 aliphatic carbocycles. The van der Waals surface area contributed by atoms with Crippen molar-refractivity contribution in [3.05, 3.63) is 83.6 Å². The molecule has 1 saturated carbocycles. The molecule has 0 radical (unpaired) electrons. The summed E-state index contributed by atoms with van der Waals surface area (Å²) in [7, 11) is 0. The number of fused-ring (bicyclic) bond motifs is 1. The van der Waals surface area contributed by atoms with Crippen molar-refractivity contribution in [2.45, 2.75) is 51.2 Å². The van der Waals surface area contributed by atoms with Crippen LogP contribution in [0.25, 0.3) is 11.6 Å². The number of benzene rings is 2. The molecule has 1 aliphatic heterocycles. The van der Waals surface area contributed by atoms with Gasteiger partial charge in [0.15, 0.2) is 5.78 Å². The summed E-state index contributed by atoms with van der Waals surface area (Å²) in [6.07, 6.45) is 6.21. The quantitative estimate of drug-likeness (QED) is 0.474. The highest BCUT2D eigenvalue weighted by molar-refractivity contribution is 6.22. The van der Waals surface area contributed by atoms with E-state index in [-0.39, 0.29) is 29.9 Å². The Labute approximate surface area is 183 Å². The molecule has 3 unspecified atom stereocenters. The van der Waals surface area contributed by atoms with Crippen molar-refractivity contribution in [1.82, 2.24) is 0 Å². The van der Waals surface area contributed by atoms with E-state index in [9.17, 15) is 9.59 Å². The zero-order valence-corrected chi connectivity index (χ0v) is 18.0. The maximum absolute atomic E-state index is 12.9. The van der Waals surface area contributed by atoms with Crippen LogP contribution in [0, 0.1) is 5.92 Å². The summed E-state index contributed by atoms with van der Waals surface area (Å²) < 4.78 is 11.5. The standard InChI is InChI=1S/C27H28O4/c1-18(2)20-11-8-19(9-12-20)10-15-26(28)31-22-13-14-23-25(16-22)30-17-24(27(23)29)21-6-4-3-5-7-21/h3-12,15,17-18,22-23,25H,13-14,16H2,1-2H3/b15-10+. The van der Waals surface area contributed by atoms with Gasteiger partial charge in [0.25, 0.3) is 0 Å². The van der Waals surface area contributed by atoms with Gasteiger partial charge in [-0.3, -0.25) is 4.79 Å². The molecule has 1 heterocycles. The van der Waals surface area contributed by atoms with E-state index in [1.54, 1.807) is 12.3 Å². The van der Waals surface area contributed by atoms with Crippen LogP contribution in [0.4, 0.5) is 0 Å². The van der Waals surface area contributed by atoms with Crippen LogP contribution in [-0.4, -0.2) is 24.0 Å². The van der Waals surface area contributed by atoms with Gasteiger partial charge in [-0.25, -0.2) is 4.79 Å². The summed E-state index contributed by atoms with van der Waals surface area (Å²) in [5, 5.41) is 0. The highest BCUT2D eigenvalue weighted by Crippen LogP contribution is 2.37. The summed E-state index contributed by atoms with van der Waals surface area (Å²) in [6.45, 7) is 4.30. The number of ether oxygens (including phenoxy) is 2. The van der Waals surface area contributed by atoms with Gasteiger partial charge in [0, 0.05) is 12.5 Å². The van der Waals surface area contributed by atoms with Gasteiger partial charge < -0.3 is 9.47 Å². The Bertz CT molecular complexity index is 986. The Kier molecular flexibility index (Phi) is 6.36. The molecule has 4 rings (SSSR count). The van der Waals surface area contributed by atoms with Crippen LogP contribution in [0.3, 0.4) is 0 Å². The Morgan fingerprint density at radius 3 is 2.52 bits per heavy atom. The Morgan fingerprint density at radius 2 is 1.81 bits per heavy atom. The number of carbonyl (C=O) groups is 2. The summed E-state index contributed by atoms with van der Waals surface area (Å²) in [6, 6.07) is 17.8. The summed E-state index contributed by atoms with van der Waals surface area (Å²) in [5.74, 6) is 0.0619. The summed E-state index contributed by atoms with van der Waals surface area (Å²) in [5.41, 5.74) is 3.74. The number of allylic oxidation sites excluding steroid dienone is 1. The normalized spacial score (nSPS) is 23.3. The molecule has 0 spiro atoms. The molecule has 2 aromatic rings. The van der Waals surface area contributed by atoms with Gasteiger partial charge in [-0.15, -0.1) is 0 Å². The monoisotopic (exact) mass is 416 g/mol. The second-order valence-corrected chi connectivity index (χ2v) is 8.57. The second kappa shape index (κ2) is 9.34. The zero-order valence-electron chi connectivity index (χ0n) is 18.0. The minimum atomic E-state index is -0.362. The van der Waals surface area contributed by atoms with Crippen molar-refractivity contribution in [2.75, 3.05) is 0 Å². The van der Waals surface area contributed by atoms with E-state index in [0.29, 0.717) is 30.8 Å². The van der Waals surface area contributed by atoms with Crippen molar-refractivity contribution < 1.29 is 19.1 Å². The van der Waals surface area contributed by atoms with E-state index < -0.39 is 0 Å². The topological polar surface area (TPSA) is 52.6 Å². The van der Waals surface area contributed by atoms with Crippen molar-refractivity contribution >= 4 is 23.4 Å². The van der Waals surface area contributed by atoms with Crippen molar-refractivity contribution in [3.63, 3.8) is 0 Å². The molecular weight excluding hydrogens is 388 g/mol. The third kappa shape index (κ3) is 4.96. The predicted octanol–water partition coefficient (Wildman–Crippen LogP) is 5.54. The number of esters is 1. The van der Waals surface area contributed by atoms with E-state index in [4.69, 9.17) is 9.47 Å². The number of Topliss-reactive ketones (excluding diaryl/α,β-unsaturated/α-hetero) is 1. The van der Waals surface area contributed by atoms with E-state index in [2.05, 4.69) is 26.0 Å². The molecule has 0 aromatic heterocycles. The minimum absolute atomic E-state index is 0.122. The molecule has 0 bridgehead atoms. The van der Waals surface area contributed by atoms with Crippen LogP contribution >= 0.6 is 0 Å². The Hall–Kier alpha value is -3.14. The molecule has 2 aromatic carbocycles. The van der Waals surface area contributed by atoms with Crippen LogP contribution in [0.5, 0.6) is 0 Å². The molecule has 3 atom stereocenters. The first-order valence-corrected chi connectivity index (χ1v) is 10.9. The Balaban J connectivity index is 1.33. The fourth-order valence-corrected chi connectivity index (χ4v) is 4.25. The van der Waals surface area contributed by atoms with E-state index >= 15 is 0 Å². The lowest BCUT2D eigenvalue weighted by atomic mass is 9.78. The average molecular weight is 417 g/mol. The van der Waals surface area contributed by atoms with Crippen LogP contribution in [0.2, 0.25) is 0 Å². The fourth-order valence-electron chi connectivity index (χ4n) is 4.25. The average Bonchev–Trinajstić information content (AvgIpc) is 2.79. The third-order valence-corrected chi connectivity index (χ3v) is 6.09. The molecule has 160 valence electrons. The molecule has 1 fully saturated rings. The van der Waals surface area contributed by atoms with Gasteiger partial charge >= 0.3 is 5.97 Å². The third-order valence-electron chi connectivity index (χ3n) is 6.09. The van der Waals surface area contributed by atoms with Gasteiger partial charge in [0.1, 0.15) is 12.2 Å². The van der Waals surface area contributed by atoms with E-state index in [1.807, 2.05) is 42.5 Å². The first-order chi connectivity index (χ1) is 15.0. The van der Waals surface area contributed by atoms with Crippen molar-refractivity contribution in [1.29, 1.82) is 0 Å². The number of hydrogen-bond donors (Lipinski definition) is 0. The maximum Gasteiger partial charge on any atom is 0.331 e. The lowest BCUT2D eigenvalue weighted by Gasteiger charge is -2.37. The first-order valence-electron chi connectivity index (χ1n) is 10.9. The minimum Gasteiger partial charge on any atom is -0.496 e. The Morgan fingerprint density at radius 1 is 1.06 bits per heavy atom. The van der Waals surface area contributed by atoms with Crippen molar-refractivity contribution in [3.8, 4) is 0 Å². The van der Waals surface area contributed by atoms with Crippen LogP contribution in [0.1, 0.15) is 55.7 Å². The maximum atomic E-state index is 12.9. The van der Waals surface area contributed by atoms with Gasteiger partial charge in [0.2, 0.25) is 0 Å². The van der Waals surface area contributed by atoms with E-state index in [1.165, 1.54) is 11.6 Å². The molecule has 0 N–H and O–H groups in total. The number of hydrogen-bond acceptors (Lipinski definition) is 4. The fraction of sp³-hybridized carbons (Fsp3) is 0.333. The smallest absolute Gasteiger partial charge is 0.331 e. The molecular formula is C27H28O4. The molecule has 4 heteroatoms. The van der Waals surface area contributed by atoms with Gasteiger partial charge in [0.05, 0.1) is 17.8 Å². The molecule has 0 amide bonds. The highest BCUT2D eigenvalue weighted by atomic mass is 16.5. The van der Waals surface area contributed by atoms with Crippen LogP contribution in [-0.2, 0) is 19.1 Å². The number of ketones is 1. The van der Waals surface area contributed by atoms with Crippen LogP contribution in [0.15, 0.2) is 66.9 Å². The van der Waals surface area contributed by atoms with Crippen molar-refractivity contribution in [2.24, 2.45) is 5.92 Å². The van der Waals surface area contributed by atoms with Gasteiger partial charge in [-0.05, 0) is 41.5 Å². The molecule has 0 saturated heterocycles. The first kappa shape index (κ1) is 21.1. The summed E-state index contributed by atoms with van der Waals surface area (Å²) in [4.78, 5) is 25.2. The van der Waals surface area contributed by atoms with Gasteiger partial charge in [-0.1, -0.05) is 68.4 Å². The predicted molar refractivity (Wildman–Crippen MR) is 121 cm³/mol. The number of rotatable bonds is 5. The SMILES string of the molecule is CC(C)c1ccc(/C=C/C(=O)OC2CCC3C(=O)C(c4ccccc4)=COC3C2)cc1. The molecule has 2 aliphatic rings. The lowest BCUT2D eigenvalue weighted by Crippen LogP contribution is -2.41. The largest absolute Gasteiger partial charge is 0.496 e.